The Kier molecular flexibility index (Phi) is 6.15. The minimum Gasteiger partial charge on any atom is -0.455 e. The molecule has 1 rings (SSSR count). The largest absolute Gasteiger partial charge is 0.455 e. The molecule has 0 N–H and O–H groups in total. The summed E-state index contributed by atoms with van der Waals surface area (Å²) >= 11 is 0. The lowest BCUT2D eigenvalue weighted by molar-refractivity contribution is -0.147. The Morgan fingerprint density at radius 1 is 1.18 bits per heavy atom. The number of nitrogens with zero attached hydrogens (tertiary/aromatic N) is 2. The molecule has 0 aromatic heterocycles. The molecule has 0 saturated carbocycles. The van der Waals surface area contributed by atoms with E-state index in [0.717, 1.165) is 0 Å². The molecule has 0 aliphatic carbocycles. The Hall–Kier alpha value is -2.31. The van der Waals surface area contributed by atoms with Crippen molar-refractivity contribution < 1.29 is 23.1 Å². The Morgan fingerprint density at radius 2 is 1.77 bits per heavy atom. The van der Waals surface area contributed by atoms with Crippen LogP contribution in [-0.4, -0.2) is 29.6 Å². The van der Waals surface area contributed by atoms with Crippen LogP contribution in [0.3, 0.4) is 0 Å². The van der Waals surface area contributed by atoms with Gasteiger partial charge in [-0.2, -0.15) is 8.78 Å². The smallest absolute Gasteiger partial charge is 0.407 e. The van der Waals surface area contributed by atoms with Crippen LogP contribution in [0.1, 0.15) is 27.7 Å². The molecule has 0 atom stereocenters. The van der Waals surface area contributed by atoms with Crippen molar-refractivity contribution in [2.75, 3.05) is 0 Å². The highest BCUT2D eigenvalue weighted by Crippen LogP contribution is 2.13. The first-order valence-corrected chi connectivity index (χ1v) is 6.55. The van der Waals surface area contributed by atoms with Crippen molar-refractivity contribution in [3.8, 4) is 0 Å². The summed E-state index contributed by atoms with van der Waals surface area (Å²) in [4.78, 5) is 20.1. The van der Waals surface area contributed by atoms with Crippen LogP contribution < -0.4 is 0 Å². The van der Waals surface area contributed by atoms with Gasteiger partial charge in [0.05, 0.1) is 11.4 Å². The van der Waals surface area contributed by atoms with Crippen molar-refractivity contribution in [3.63, 3.8) is 0 Å². The van der Waals surface area contributed by atoms with Crippen molar-refractivity contribution >= 4 is 23.1 Å². The number of para-hydroxylation sites is 1. The maximum Gasteiger partial charge on any atom is 0.407 e. The number of hydrogen-bond donors (Lipinski definition) is 0. The molecule has 120 valence electrons. The molecule has 0 spiro atoms. The molecule has 0 amide bonds. The van der Waals surface area contributed by atoms with Gasteiger partial charge in [0.2, 0.25) is 5.71 Å². The lowest BCUT2D eigenvalue weighted by atomic mass is 10.2. The van der Waals surface area contributed by atoms with Crippen LogP contribution >= 0.6 is 0 Å². The third-order valence-electron chi connectivity index (χ3n) is 2.21. The van der Waals surface area contributed by atoms with E-state index in [1.807, 2.05) is 0 Å². The number of oxime groups is 1. The number of rotatable bonds is 5. The number of carbonyl (C=O) groups excluding carboxylic acids is 1. The summed E-state index contributed by atoms with van der Waals surface area (Å²) in [5.41, 5.74) is -0.538. The van der Waals surface area contributed by atoms with Crippen LogP contribution in [-0.2, 0) is 14.4 Å². The summed E-state index contributed by atoms with van der Waals surface area (Å²) in [6, 6.07) is 8.71. The zero-order chi connectivity index (χ0) is 16.8. The maximum absolute atomic E-state index is 12.2. The average Bonchev–Trinajstić information content (AvgIpc) is 2.37. The maximum atomic E-state index is 12.2. The van der Waals surface area contributed by atoms with Gasteiger partial charge in [-0.3, -0.25) is 4.99 Å². The molecule has 0 unspecified atom stereocenters. The summed E-state index contributed by atoms with van der Waals surface area (Å²) in [5.74, 6) is -0.884. The van der Waals surface area contributed by atoms with E-state index in [0.29, 0.717) is 5.69 Å². The van der Waals surface area contributed by atoms with Crippen molar-refractivity contribution in [3.05, 3.63) is 30.3 Å². The monoisotopic (exact) mass is 312 g/mol. The summed E-state index contributed by atoms with van der Waals surface area (Å²) in [5, 5.41) is 3.16. The Balaban J connectivity index is 3.07. The van der Waals surface area contributed by atoms with Crippen LogP contribution in [0.15, 0.2) is 40.5 Å². The van der Waals surface area contributed by atoms with Crippen molar-refractivity contribution in [1.82, 2.24) is 0 Å². The molecule has 7 heteroatoms. The lowest BCUT2D eigenvalue weighted by Crippen LogP contribution is -2.32. The topological polar surface area (TPSA) is 60.2 Å². The number of esters is 1. The number of hydrogen-bond acceptors (Lipinski definition) is 5. The Labute approximate surface area is 127 Å². The zero-order valence-electron chi connectivity index (χ0n) is 12.8. The molecule has 22 heavy (non-hydrogen) atoms. The molecule has 0 bridgehead atoms. The number of aliphatic imine (C=N–C) groups is 1. The van der Waals surface area contributed by atoms with E-state index in [1.54, 1.807) is 51.1 Å². The van der Waals surface area contributed by atoms with Gasteiger partial charge < -0.3 is 9.57 Å². The van der Waals surface area contributed by atoms with E-state index in [2.05, 4.69) is 15.0 Å². The van der Waals surface area contributed by atoms with Gasteiger partial charge >= 0.3 is 12.6 Å². The molecule has 0 fully saturated rings. The highest BCUT2D eigenvalue weighted by molar-refractivity contribution is 6.65. The number of halogens is 2. The van der Waals surface area contributed by atoms with Crippen molar-refractivity contribution in [2.45, 2.75) is 39.9 Å². The fraction of sp³-hybridized carbons (Fsp3) is 0.400. The number of alkyl halides is 2. The molecular weight excluding hydrogens is 294 g/mol. The van der Waals surface area contributed by atoms with E-state index >= 15 is 0 Å². The summed E-state index contributed by atoms with van der Waals surface area (Å²) in [7, 11) is 0. The van der Waals surface area contributed by atoms with Crippen LogP contribution in [0.25, 0.3) is 0 Å². The molecule has 0 saturated heterocycles. The van der Waals surface area contributed by atoms with Gasteiger partial charge in [-0.15, -0.1) is 0 Å². The fourth-order valence-corrected chi connectivity index (χ4v) is 1.42. The SMILES string of the molecule is CC(=Nc1ccccc1)/C(=N\OC(F)F)C(=O)OC(C)(C)C. The first-order chi connectivity index (χ1) is 10.2. The molecule has 0 aliphatic heterocycles. The van der Waals surface area contributed by atoms with Gasteiger partial charge in [0.25, 0.3) is 0 Å². The number of carbonyl (C=O) groups is 1. The molecule has 5 nitrogen and oxygen atoms in total. The molecular formula is C15H18F2N2O3. The van der Waals surface area contributed by atoms with Gasteiger partial charge in [-0.1, -0.05) is 23.4 Å². The minimum atomic E-state index is -3.14. The predicted octanol–water partition coefficient (Wildman–Crippen LogP) is 3.72. The second-order valence-corrected chi connectivity index (χ2v) is 5.34. The van der Waals surface area contributed by atoms with Gasteiger partial charge in [0.15, 0.2) is 0 Å². The first-order valence-electron chi connectivity index (χ1n) is 6.55. The second kappa shape index (κ2) is 7.63. The van der Waals surface area contributed by atoms with Crippen LogP contribution in [0.4, 0.5) is 14.5 Å². The van der Waals surface area contributed by atoms with Crippen LogP contribution in [0.2, 0.25) is 0 Å². The number of ether oxygens (including phenoxy) is 1. The van der Waals surface area contributed by atoms with Crippen molar-refractivity contribution in [1.29, 1.82) is 0 Å². The molecule has 1 aromatic carbocycles. The Bertz CT molecular complexity index is 564. The summed E-state index contributed by atoms with van der Waals surface area (Å²) in [6.45, 7) is 3.28. The van der Waals surface area contributed by atoms with E-state index in [1.165, 1.54) is 6.92 Å². The van der Waals surface area contributed by atoms with E-state index in [9.17, 15) is 13.6 Å². The molecule has 0 aliphatic rings. The summed E-state index contributed by atoms with van der Waals surface area (Å²) < 4.78 is 29.4. The highest BCUT2D eigenvalue weighted by Gasteiger charge is 2.24. The first kappa shape index (κ1) is 17.7. The van der Waals surface area contributed by atoms with Crippen LogP contribution in [0, 0.1) is 0 Å². The third-order valence-corrected chi connectivity index (χ3v) is 2.21. The fourth-order valence-electron chi connectivity index (χ4n) is 1.42. The minimum absolute atomic E-state index is 0.112. The lowest BCUT2D eigenvalue weighted by Gasteiger charge is -2.19. The van der Waals surface area contributed by atoms with Gasteiger partial charge in [0.1, 0.15) is 5.60 Å². The van der Waals surface area contributed by atoms with Crippen molar-refractivity contribution in [2.24, 2.45) is 10.1 Å². The molecule has 1 aromatic rings. The highest BCUT2D eigenvalue weighted by atomic mass is 19.3. The summed E-state index contributed by atoms with van der Waals surface area (Å²) in [6.07, 6.45) is 0. The quantitative estimate of drug-likeness (QED) is 0.473. The van der Waals surface area contributed by atoms with E-state index in [4.69, 9.17) is 4.74 Å². The predicted molar refractivity (Wildman–Crippen MR) is 79.6 cm³/mol. The second-order valence-electron chi connectivity index (χ2n) is 5.34. The third kappa shape index (κ3) is 6.43. The molecule has 0 heterocycles. The average molecular weight is 312 g/mol. The Morgan fingerprint density at radius 3 is 2.27 bits per heavy atom. The number of benzene rings is 1. The van der Waals surface area contributed by atoms with Crippen LogP contribution in [0.5, 0.6) is 0 Å². The normalized spacial score (nSPS) is 13.2. The van der Waals surface area contributed by atoms with Gasteiger partial charge in [0, 0.05) is 0 Å². The zero-order valence-corrected chi connectivity index (χ0v) is 12.8. The van der Waals surface area contributed by atoms with E-state index in [-0.39, 0.29) is 5.71 Å². The standard InChI is InChI=1S/C15H18F2N2O3/c1-10(18-11-8-6-5-7-9-11)12(19-22-14(16)17)13(20)21-15(2,3)4/h5-9,14H,1-4H3/b18-10?,19-12+. The molecule has 0 radical (unpaired) electrons. The van der Waals surface area contributed by atoms with Gasteiger partial charge in [-0.25, -0.2) is 4.79 Å². The van der Waals surface area contributed by atoms with Gasteiger partial charge in [-0.05, 0) is 39.8 Å². The van der Waals surface area contributed by atoms with E-state index < -0.39 is 23.9 Å².